The van der Waals surface area contributed by atoms with Crippen molar-refractivity contribution in [1.29, 1.82) is 0 Å². The fourth-order valence-electron chi connectivity index (χ4n) is 3.87. The lowest BCUT2D eigenvalue weighted by Crippen LogP contribution is -2.27. The van der Waals surface area contributed by atoms with Gasteiger partial charge in [-0.1, -0.05) is 123 Å². The summed E-state index contributed by atoms with van der Waals surface area (Å²) in [6.45, 7) is 4.60. The van der Waals surface area contributed by atoms with Gasteiger partial charge in [0.15, 0.2) is 0 Å². The molecule has 0 aromatic rings. The summed E-state index contributed by atoms with van der Waals surface area (Å²) in [5, 5.41) is 0. The van der Waals surface area contributed by atoms with E-state index in [-0.39, 0.29) is 0 Å². The van der Waals surface area contributed by atoms with Crippen molar-refractivity contribution in [2.24, 2.45) is 0 Å². The lowest BCUT2D eigenvalue weighted by molar-refractivity contribution is 0.251. The molecule has 0 amide bonds. The Morgan fingerprint density at radius 3 is 1.03 bits per heavy atom. The van der Waals surface area contributed by atoms with Crippen LogP contribution in [0.5, 0.6) is 0 Å². The lowest BCUT2D eigenvalue weighted by Gasteiger charge is -2.24. The maximum Gasteiger partial charge on any atom is 0.466 e. The summed E-state index contributed by atoms with van der Waals surface area (Å²) < 4.78 is 8.88. The molecule has 1 unspecified atom stereocenters. The molecule has 184 valence electrons. The van der Waals surface area contributed by atoms with Crippen LogP contribution in [0.2, 0.25) is 0 Å². The molecular formula is C24H54NO4P. The number of phosphoric acid groups is 1. The highest BCUT2D eigenvalue weighted by atomic mass is 31.2. The van der Waals surface area contributed by atoms with Gasteiger partial charge < -0.3 is 19.6 Å². The maximum atomic E-state index is 8.88. The molecule has 5 nitrogen and oxygen atoms in total. The zero-order valence-corrected chi connectivity index (χ0v) is 21.6. The number of hydrogen-bond acceptors (Lipinski definition) is 2. The second kappa shape index (κ2) is 23.7. The Balaban J connectivity index is 0. The number of nitrogens with zero attached hydrogens (tertiary/aromatic N) is 1. The van der Waals surface area contributed by atoms with Crippen LogP contribution in [0.15, 0.2) is 0 Å². The smallest absolute Gasteiger partial charge is 0.306 e. The average molecular weight is 452 g/mol. The van der Waals surface area contributed by atoms with Gasteiger partial charge in [-0.2, -0.15) is 0 Å². The highest BCUT2D eigenvalue weighted by Gasteiger charge is 2.10. The van der Waals surface area contributed by atoms with Gasteiger partial charge in [-0.05, 0) is 26.9 Å². The molecule has 0 radical (unpaired) electrons. The van der Waals surface area contributed by atoms with Crippen molar-refractivity contribution >= 4 is 7.82 Å². The second-order valence-corrected chi connectivity index (χ2v) is 10.0. The molecule has 6 heteroatoms. The van der Waals surface area contributed by atoms with Crippen molar-refractivity contribution in [3.63, 3.8) is 0 Å². The Morgan fingerprint density at radius 2 is 0.800 bits per heavy atom. The van der Waals surface area contributed by atoms with Crippen molar-refractivity contribution in [2.75, 3.05) is 14.1 Å². The summed E-state index contributed by atoms with van der Waals surface area (Å²) in [6, 6.07) is 0.824. The van der Waals surface area contributed by atoms with Crippen LogP contribution in [-0.2, 0) is 4.57 Å². The first kappa shape index (κ1) is 32.3. The molecule has 0 fully saturated rings. The lowest BCUT2D eigenvalue weighted by atomic mass is 9.99. The fraction of sp³-hybridized carbons (Fsp3) is 1.00. The highest BCUT2D eigenvalue weighted by Crippen LogP contribution is 2.25. The van der Waals surface area contributed by atoms with Gasteiger partial charge in [-0.25, -0.2) is 4.57 Å². The van der Waals surface area contributed by atoms with E-state index >= 15 is 0 Å². The van der Waals surface area contributed by atoms with Gasteiger partial charge in [0, 0.05) is 6.04 Å². The standard InChI is InChI=1S/C24H51N.H3O4P/c1-5-7-9-11-13-14-15-17-19-21-23-24(25(3)4)22-20-18-16-12-10-8-6-2;1-5(2,3)4/h24H,5-23H2,1-4H3;(H3,1,2,3,4). The third-order valence-electron chi connectivity index (χ3n) is 5.76. The van der Waals surface area contributed by atoms with E-state index in [4.69, 9.17) is 19.2 Å². The molecule has 0 aliphatic carbocycles. The zero-order chi connectivity index (χ0) is 23.1. The molecule has 0 aliphatic heterocycles. The maximum absolute atomic E-state index is 8.88. The van der Waals surface area contributed by atoms with Crippen molar-refractivity contribution < 1.29 is 19.2 Å². The predicted octanol–water partition coefficient (Wildman–Crippen LogP) is 7.44. The van der Waals surface area contributed by atoms with Crippen LogP contribution in [0.25, 0.3) is 0 Å². The van der Waals surface area contributed by atoms with E-state index in [2.05, 4.69) is 32.8 Å². The topological polar surface area (TPSA) is 81.0 Å². The van der Waals surface area contributed by atoms with Crippen molar-refractivity contribution in [1.82, 2.24) is 4.90 Å². The van der Waals surface area contributed by atoms with Gasteiger partial charge in [0.1, 0.15) is 0 Å². The molecule has 0 rings (SSSR count). The number of rotatable bonds is 20. The van der Waals surface area contributed by atoms with E-state index in [1.807, 2.05) is 0 Å². The first-order valence-corrected chi connectivity index (χ1v) is 14.2. The number of unbranched alkanes of at least 4 members (excludes halogenated alkanes) is 15. The molecule has 3 N–H and O–H groups in total. The van der Waals surface area contributed by atoms with E-state index in [1.54, 1.807) is 0 Å². The summed E-state index contributed by atoms with van der Waals surface area (Å²) in [7, 11) is -0.0789. The molecule has 0 spiro atoms. The minimum Gasteiger partial charge on any atom is -0.306 e. The summed E-state index contributed by atoms with van der Waals surface area (Å²) in [6.07, 6.45) is 27.4. The summed E-state index contributed by atoms with van der Waals surface area (Å²) >= 11 is 0. The second-order valence-electron chi connectivity index (χ2n) is 9.01. The molecular weight excluding hydrogens is 397 g/mol. The minimum atomic E-state index is -4.64. The Morgan fingerprint density at radius 1 is 0.567 bits per heavy atom. The molecule has 0 bridgehead atoms. The third kappa shape index (κ3) is 32.7. The first-order chi connectivity index (χ1) is 14.2. The molecule has 1 atom stereocenters. The van der Waals surface area contributed by atoms with E-state index in [9.17, 15) is 0 Å². The van der Waals surface area contributed by atoms with E-state index < -0.39 is 7.82 Å². The molecule has 30 heavy (non-hydrogen) atoms. The van der Waals surface area contributed by atoms with Crippen molar-refractivity contribution in [2.45, 2.75) is 142 Å². The Hall–Kier alpha value is 0.0700. The highest BCUT2D eigenvalue weighted by molar-refractivity contribution is 7.45. The average Bonchev–Trinajstić information content (AvgIpc) is 2.65. The van der Waals surface area contributed by atoms with Crippen LogP contribution in [0.3, 0.4) is 0 Å². The van der Waals surface area contributed by atoms with Crippen LogP contribution in [0, 0.1) is 0 Å². The van der Waals surface area contributed by atoms with Crippen LogP contribution in [-0.4, -0.2) is 39.7 Å². The van der Waals surface area contributed by atoms with E-state index in [1.165, 1.54) is 122 Å². The molecule has 0 heterocycles. The van der Waals surface area contributed by atoms with Gasteiger partial charge in [0.2, 0.25) is 0 Å². The first-order valence-electron chi connectivity index (χ1n) is 12.7. The summed E-state index contributed by atoms with van der Waals surface area (Å²) in [5.41, 5.74) is 0. The predicted molar refractivity (Wildman–Crippen MR) is 131 cm³/mol. The Kier molecular flexibility index (Phi) is 25.5. The van der Waals surface area contributed by atoms with Gasteiger partial charge in [0.25, 0.3) is 0 Å². The third-order valence-corrected chi connectivity index (χ3v) is 5.76. The molecule has 0 aromatic heterocycles. The molecule has 0 saturated carbocycles. The summed E-state index contributed by atoms with van der Waals surface area (Å²) in [4.78, 5) is 24.0. The van der Waals surface area contributed by atoms with Crippen LogP contribution in [0.4, 0.5) is 0 Å². The van der Waals surface area contributed by atoms with E-state index in [0.29, 0.717) is 0 Å². The fourth-order valence-corrected chi connectivity index (χ4v) is 3.87. The van der Waals surface area contributed by atoms with Crippen LogP contribution in [0.1, 0.15) is 136 Å². The van der Waals surface area contributed by atoms with Crippen LogP contribution < -0.4 is 0 Å². The Bertz CT molecular complexity index is 366. The summed E-state index contributed by atoms with van der Waals surface area (Å²) in [5.74, 6) is 0. The van der Waals surface area contributed by atoms with Gasteiger partial charge in [-0.3, -0.25) is 0 Å². The van der Waals surface area contributed by atoms with Crippen molar-refractivity contribution in [3.8, 4) is 0 Å². The monoisotopic (exact) mass is 451 g/mol. The quantitative estimate of drug-likeness (QED) is 0.132. The molecule has 0 aliphatic rings. The zero-order valence-electron chi connectivity index (χ0n) is 20.7. The van der Waals surface area contributed by atoms with Gasteiger partial charge in [0.05, 0.1) is 0 Å². The van der Waals surface area contributed by atoms with Crippen LogP contribution >= 0.6 is 7.82 Å². The largest absolute Gasteiger partial charge is 0.466 e. The minimum absolute atomic E-state index is 0.824. The molecule has 0 saturated heterocycles. The normalized spacial score (nSPS) is 12.7. The van der Waals surface area contributed by atoms with Gasteiger partial charge >= 0.3 is 7.82 Å². The molecule has 0 aromatic carbocycles. The van der Waals surface area contributed by atoms with Crippen molar-refractivity contribution in [3.05, 3.63) is 0 Å². The van der Waals surface area contributed by atoms with Gasteiger partial charge in [-0.15, -0.1) is 0 Å². The SMILES string of the molecule is CCCCCCCCCCCCC(CCCCCCCCC)N(C)C.O=P(O)(O)O. The number of hydrogen-bond donors (Lipinski definition) is 3. The van der Waals surface area contributed by atoms with E-state index in [0.717, 1.165) is 6.04 Å². The Labute approximate surface area is 188 Å².